The fourth-order valence-electron chi connectivity index (χ4n) is 1.36. The van der Waals surface area contributed by atoms with Gasteiger partial charge in [-0.05, 0) is 6.07 Å². The lowest BCUT2D eigenvalue weighted by Gasteiger charge is -2.07. The molecule has 0 saturated heterocycles. The maximum Gasteiger partial charge on any atom is 0.258 e. The Labute approximate surface area is 102 Å². The van der Waals surface area contributed by atoms with Gasteiger partial charge in [0.15, 0.2) is 11.6 Å². The van der Waals surface area contributed by atoms with Crippen molar-refractivity contribution >= 4 is 17.4 Å². The number of hydrogen-bond acceptors (Lipinski definition) is 5. The van der Waals surface area contributed by atoms with E-state index in [-0.39, 0.29) is 11.4 Å². The van der Waals surface area contributed by atoms with Crippen LogP contribution in [0.5, 0.6) is 0 Å². The monoisotopic (exact) mass is 247 g/mol. The fourth-order valence-corrected chi connectivity index (χ4v) is 1.36. The highest BCUT2D eigenvalue weighted by atomic mass is 19.1. The van der Waals surface area contributed by atoms with Crippen LogP contribution < -0.4 is 10.6 Å². The van der Waals surface area contributed by atoms with Crippen molar-refractivity contribution in [2.24, 2.45) is 0 Å². The standard InChI is InChI=1S/C11H10FN5O/c1-13-10-9(12)8(2-3-16-10)11(18)17-7-4-14-6-15-5-7/h2-6H,1H3,(H,13,16)(H,17,18). The van der Waals surface area contributed by atoms with Crippen molar-refractivity contribution in [2.45, 2.75) is 0 Å². The van der Waals surface area contributed by atoms with Crippen molar-refractivity contribution in [3.63, 3.8) is 0 Å². The summed E-state index contributed by atoms with van der Waals surface area (Å²) in [5.74, 6) is -1.26. The number of amides is 1. The van der Waals surface area contributed by atoms with Gasteiger partial charge in [-0.25, -0.2) is 19.3 Å². The Morgan fingerprint density at radius 2 is 2.06 bits per heavy atom. The van der Waals surface area contributed by atoms with E-state index in [0.29, 0.717) is 5.69 Å². The Kier molecular flexibility index (Phi) is 3.42. The van der Waals surface area contributed by atoms with Gasteiger partial charge in [0, 0.05) is 13.2 Å². The van der Waals surface area contributed by atoms with Crippen LogP contribution in [-0.4, -0.2) is 27.9 Å². The summed E-state index contributed by atoms with van der Waals surface area (Å²) in [5.41, 5.74) is 0.294. The number of rotatable bonds is 3. The smallest absolute Gasteiger partial charge is 0.258 e. The first-order chi connectivity index (χ1) is 8.72. The van der Waals surface area contributed by atoms with Crippen LogP contribution in [-0.2, 0) is 0 Å². The molecule has 6 nitrogen and oxygen atoms in total. The molecule has 0 aliphatic heterocycles. The number of aromatic nitrogens is 3. The van der Waals surface area contributed by atoms with Crippen molar-refractivity contribution in [3.05, 3.63) is 42.4 Å². The van der Waals surface area contributed by atoms with Crippen molar-refractivity contribution in [3.8, 4) is 0 Å². The van der Waals surface area contributed by atoms with Gasteiger partial charge in [-0.3, -0.25) is 4.79 Å². The summed E-state index contributed by atoms with van der Waals surface area (Å²) in [6, 6.07) is 1.30. The second kappa shape index (κ2) is 5.17. The van der Waals surface area contributed by atoms with Gasteiger partial charge in [0.2, 0.25) is 0 Å². The van der Waals surface area contributed by atoms with Gasteiger partial charge < -0.3 is 10.6 Å². The predicted octanol–water partition coefficient (Wildman–Crippen LogP) is 1.30. The molecule has 0 radical (unpaired) electrons. The highest BCUT2D eigenvalue weighted by Gasteiger charge is 2.15. The summed E-state index contributed by atoms with van der Waals surface area (Å²) in [7, 11) is 1.53. The normalized spacial score (nSPS) is 9.89. The van der Waals surface area contributed by atoms with Crippen molar-refractivity contribution in [2.75, 3.05) is 17.7 Å². The molecule has 18 heavy (non-hydrogen) atoms. The van der Waals surface area contributed by atoms with Crippen LogP contribution in [0, 0.1) is 5.82 Å². The predicted molar refractivity (Wildman–Crippen MR) is 63.7 cm³/mol. The molecule has 0 bridgehead atoms. The highest BCUT2D eigenvalue weighted by Crippen LogP contribution is 2.15. The molecule has 0 aliphatic carbocycles. The molecular formula is C11H10FN5O. The number of nitrogens with zero attached hydrogens (tertiary/aromatic N) is 3. The Bertz CT molecular complexity index is 561. The van der Waals surface area contributed by atoms with Crippen molar-refractivity contribution in [1.82, 2.24) is 15.0 Å². The summed E-state index contributed by atoms with van der Waals surface area (Å²) in [4.78, 5) is 23.1. The number of nitrogens with one attached hydrogen (secondary N) is 2. The maximum absolute atomic E-state index is 13.8. The minimum absolute atomic E-state index is 0.0203. The molecule has 0 spiro atoms. The van der Waals surface area contributed by atoms with Gasteiger partial charge in [-0.1, -0.05) is 0 Å². The number of hydrogen-bond donors (Lipinski definition) is 2. The van der Waals surface area contributed by atoms with Crippen LogP contribution in [0.15, 0.2) is 31.0 Å². The van der Waals surface area contributed by atoms with Gasteiger partial charge in [0.05, 0.1) is 23.6 Å². The van der Waals surface area contributed by atoms with E-state index in [9.17, 15) is 9.18 Å². The third kappa shape index (κ3) is 2.40. The molecule has 2 rings (SSSR count). The van der Waals surface area contributed by atoms with E-state index in [0.717, 1.165) is 0 Å². The number of anilines is 2. The first-order valence-electron chi connectivity index (χ1n) is 5.11. The van der Waals surface area contributed by atoms with Crippen LogP contribution >= 0.6 is 0 Å². The fraction of sp³-hybridized carbons (Fsp3) is 0.0909. The third-order valence-electron chi connectivity index (χ3n) is 2.19. The van der Waals surface area contributed by atoms with Gasteiger partial charge in [-0.15, -0.1) is 0 Å². The van der Waals surface area contributed by atoms with E-state index in [1.165, 1.54) is 38.0 Å². The summed E-state index contributed by atoms with van der Waals surface area (Å²) in [5, 5.41) is 5.05. The summed E-state index contributed by atoms with van der Waals surface area (Å²) >= 11 is 0. The Balaban J connectivity index is 2.24. The molecule has 2 aromatic heterocycles. The number of carbonyl (C=O) groups is 1. The first-order valence-corrected chi connectivity index (χ1v) is 5.11. The molecule has 1 amide bonds. The average Bonchev–Trinajstić information content (AvgIpc) is 2.40. The van der Waals surface area contributed by atoms with Gasteiger partial charge in [-0.2, -0.15) is 0 Å². The minimum Gasteiger partial charge on any atom is -0.371 e. The van der Waals surface area contributed by atoms with E-state index in [1.807, 2.05) is 0 Å². The molecule has 0 fully saturated rings. The molecule has 0 unspecified atom stereocenters. The molecule has 2 aromatic rings. The number of halogens is 1. The molecule has 0 aliphatic rings. The average molecular weight is 247 g/mol. The van der Waals surface area contributed by atoms with Crippen LogP contribution in [0.25, 0.3) is 0 Å². The summed E-state index contributed by atoms with van der Waals surface area (Å²) < 4.78 is 13.8. The van der Waals surface area contributed by atoms with E-state index in [4.69, 9.17) is 0 Å². The second-order valence-corrected chi connectivity index (χ2v) is 3.35. The van der Waals surface area contributed by atoms with Crippen molar-refractivity contribution < 1.29 is 9.18 Å². The Morgan fingerprint density at radius 3 is 2.72 bits per heavy atom. The molecular weight excluding hydrogens is 237 g/mol. The Hall–Kier alpha value is -2.57. The topological polar surface area (TPSA) is 79.8 Å². The van der Waals surface area contributed by atoms with E-state index in [1.54, 1.807) is 0 Å². The molecule has 0 atom stereocenters. The lowest BCUT2D eigenvalue weighted by Crippen LogP contribution is -2.15. The zero-order valence-corrected chi connectivity index (χ0v) is 9.51. The lowest BCUT2D eigenvalue weighted by molar-refractivity contribution is 0.102. The highest BCUT2D eigenvalue weighted by molar-refractivity contribution is 6.04. The zero-order chi connectivity index (χ0) is 13.0. The summed E-state index contributed by atoms with van der Waals surface area (Å²) in [6.07, 6.45) is 5.53. The third-order valence-corrected chi connectivity index (χ3v) is 2.19. The number of carbonyl (C=O) groups excluding carboxylic acids is 1. The van der Waals surface area contributed by atoms with Gasteiger partial charge >= 0.3 is 0 Å². The molecule has 92 valence electrons. The van der Waals surface area contributed by atoms with Gasteiger partial charge in [0.25, 0.3) is 5.91 Å². The minimum atomic E-state index is -0.700. The molecule has 2 N–H and O–H groups in total. The lowest BCUT2D eigenvalue weighted by atomic mass is 10.2. The quantitative estimate of drug-likeness (QED) is 0.854. The molecule has 2 heterocycles. The maximum atomic E-state index is 13.8. The van der Waals surface area contributed by atoms with Crippen LogP contribution in [0.4, 0.5) is 15.9 Å². The largest absolute Gasteiger partial charge is 0.371 e. The van der Waals surface area contributed by atoms with Crippen LogP contribution in [0.2, 0.25) is 0 Å². The van der Waals surface area contributed by atoms with E-state index in [2.05, 4.69) is 25.6 Å². The zero-order valence-electron chi connectivity index (χ0n) is 9.51. The first kappa shape index (κ1) is 11.9. The number of pyridine rings is 1. The van der Waals surface area contributed by atoms with Gasteiger partial charge in [0.1, 0.15) is 6.33 Å². The van der Waals surface area contributed by atoms with E-state index < -0.39 is 11.7 Å². The molecule has 7 heteroatoms. The molecule has 0 aromatic carbocycles. The second-order valence-electron chi connectivity index (χ2n) is 3.35. The SMILES string of the molecule is CNc1nccc(C(=O)Nc2cncnc2)c1F. The van der Waals surface area contributed by atoms with Crippen molar-refractivity contribution in [1.29, 1.82) is 0 Å². The molecule has 0 saturated carbocycles. The Morgan fingerprint density at radius 1 is 1.33 bits per heavy atom. The summed E-state index contributed by atoms with van der Waals surface area (Å²) in [6.45, 7) is 0. The van der Waals surface area contributed by atoms with Crippen LogP contribution in [0.1, 0.15) is 10.4 Å². The van der Waals surface area contributed by atoms with E-state index >= 15 is 0 Å². The van der Waals surface area contributed by atoms with Crippen LogP contribution in [0.3, 0.4) is 0 Å².